The van der Waals surface area contributed by atoms with Crippen LogP contribution in [-0.4, -0.2) is 35.7 Å². The molecule has 0 aliphatic rings. The van der Waals surface area contributed by atoms with E-state index in [2.05, 4.69) is 22.9 Å². The van der Waals surface area contributed by atoms with Gasteiger partial charge in [0.05, 0.1) is 11.0 Å². The van der Waals surface area contributed by atoms with Crippen LogP contribution in [-0.2, 0) is 22.5 Å². The highest BCUT2D eigenvalue weighted by Crippen LogP contribution is 2.17. The van der Waals surface area contributed by atoms with Crippen molar-refractivity contribution in [3.8, 4) is 0 Å². The van der Waals surface area contributed by atoms with Gasteiger partial charge in [-0.2, -0.15) is 0 Å². The number of imidazole rings is 1. The van der Waals surface area contributed by atoms with E-state index in [1.807, 2.05) is 18.2 Å². The Balaban J connectivity index is 2.06. The van der Waals surface area contributed by atoms with Crippen LogP contribution >= 0.6 is 0 Å². The zero-order valence-corrected chi connectivity index (χ0v) is 13.5. The third-order valence-electron chi connectivity index (χ3n) is 3.67. The number of nitrogens with zero attached hydrogens (tertiary/aromatic N) is 2. The highest BCUT2D eigenvalue weighted by Gasteiger charge is 2.10. The van der Waals surface area contributed by atoms with E-state index in [1.54, 1.807) is 0 Å². The molecule has 1 N–H and O–H groups in total. The van der Waals surface area contributed by atoms with Crippen LogP contribution in [0, 0.1) is 0 Å². The number of carbonyl (C=O) groups excluding carboxylic acids is 1. The van der Waals surface area contributed by atoms with Crippen LogP contribution in [0.3, 0.4) is 0 Å². The van der Waals surface area contributed by atoms with E-state index in [0.29, 0.717) is 6.54 Å². The predicted octanol–water partition coefficient (Wildman–Crippen LogP) is 2.53. The average Bonchev–Trinajstić information content (AvgIpc) is 2.86. The first-order valence-corrected chi connectivity index (χ1v) is 7.96. The number of methoxy groups -OCH3 is 1. The average molecular weight is 303 g/mol. The van der Waals surface area contributed by atoms with E-state index in [4.69, 9.17) is 9.72 Å². The lowest BCUT2D eigenvalue weighted by atomic mass is 10.2. The predicted molar refractivity (Wildman–Crippen MR) is 87.8 cm³/mol. The minimum Gasteiger partial charge on any atom is -0.375 e. The molecule has 2 rings (SSSR count). The number of aromatic nitrogens is 2. The van der Waals surface area contributed by atoms with Crippen molar-refractivity contribution in [3.63, 3.8) is 0 Å². The van der Waals surface area contributed by atoms with Crippen molar-refractivity contribution in [2.45, 2.75) is 39.2 Å². The lowest BCUT2D eigenvalue weighted by Crippen LogP contribution is -2.29. The fraction of sp³-hybridized carbons (Fsp3) is 0.529. The summed E-state index contributed by atoms with van der Waals surface area (Å²) >= 11 is 0. The maximum Gasteiger partial charge on any atom is 0.245 e. The molecule has 120 valence electrons. The van der Waals surface area contributed by atoms with Crippen molar-refractivity contribution < 1.29 is 9.53 Å². The first-order chi connectivity index (χ1) is 10.8. The monoisotopic (exact) mass is 303 g/mol. The molecule has 0 radical (unpaired) electrons. The normalized spacial score (nSPS) is 11.0. The van der Waals surface area contributed by atoms with Gasteiger partial charge in [-0.25, -0.2) is 4.98 Å². The molecule has 0 aliphatic carbocycles. The van der Waals surface area contributed by atoms with E-state index < -0.39 is 0 Å². The molecule has 5 nitrogen and oxygen atoms in total. The quantitative estimate of drug-likeness (QED) is 0.724. The van der Waals surface area contributed by atoms with Gasteiger partial charge in [-0.05, 0) is 18.6 Å². The van der Waals surface area contributed by atoms with E-state index in [9.17, 15) is 4.79 Å². The number of nitrogens with one attached hydrogen (secondary N) is 1. The number of unbranched alkanes of at least 4 members (excludes halogenated alkanes) is 2. The Morgan fingerprint density at radius 1 is 1.32 bits per heavy atom. The number of fused-ring (bicyclic) bond motifs is 1. The van der Waals surface area contributed by atoms with Gasteiger partial charge < -0.3 is 14.6 Å². The smallest absolute Gasteiger partial charge is 0.245 e. The number of ether oxygens (including phenoxy) is 1. The molecule has 0 saturated carbocycles. The van der Waals surface area contributed by atoms with Gasteiger partial charge >= 0.3 is 0 Å². The van der Waals surface area contributed by atoms with Gasteiger partial charge in [-0.3, -0.25) is 4.79 Å². The van der Waals surface area contributed by atoms with E-state index in [-0.39, 0.29) is 12.5 Å². The molecule has 1 heterocycles. The molecule has 1 aromatic heterocycles. The summed E-state index contributed by atoms with van der Waals surface area (Å²) < 4.78 is 7.10. The van der Waals surface area contributed by atoms with Gasteiger partial charge in [0.1, 0.15) is 12.4 Å². The molecular weight excluding hydrogens is 278 g/mol. The van der Waals surface area contributed by atoms with Crippen molar-refractivity contribution in [2.24, 2.45) is 0 Å². The largest absolute Gasteiger partial charge is 0.375 e. The Morgan fingerprint density at radius 2 is 2.14 bits per heavy atom. The summed E-state index contributed by atoms with van der Waals surface area (Å²) in [4.78, 5) is 16.2. The lowest BCUT2D eigenvalue weighted by molar-refractivity contribution is -0.124. The summed E-state index contributed by atoms with van der Waals surface area (Å²) in [6.45, 7) is 3.88. The summed E-state index contributed by atoms with van der Waals surface area (Å²) in [5.41, 5.74) is 2.20. The molecule has 0 fully saturated rings. The first kappa shape index (κ1) is 16.5. The number of amides is 1. The molecular formula is C17H25N3O2. The Hall–Kier alpha value is -1.88. The van der Waals surface area contributed by atoms with Gasteiger partial charge in [0.2, 0.25) is 5.91 Å². The van der Waals surface area contributed by atoms with Crippen LogP contribution in [0.25, 0.3) is 11.0 Å². The second-order valence-electron chi connectivity index (χ2n) is 5.41. The van der Waals surface area contributed by atoms with Gasteiger partial charge in [-0.1, -0.05) is 31.9 Å². The van der Waals surface area contributed by atoms with Crippen LogP contribution in [0.15, 0.2) is 24.3 Å². The molecule has 0 unspecified atom stereocenters. The second kappa shape index (κ2) is 8.54. The SMILES string of the molecule is CCCCCn1c(CCNC(=O)COC)nc2ccccc21. The van der Waals surface area contributed by atoms with E-state index in [0.717, 1.165) is 30.7 Å². The van der Waals surface area contributed by atoms with Crippen molar-refractivity contribution in [1.29, 1.82) is 0 Å². The van der Waals surface area contributed by atoms with Crippen LogP contribution in [0.5, 0.6) is 0 Å². The van der Waals surface area contributed by atoms with Crippen LogP contribution in [0.2, 0.25) is 0 Å². The van der Waals surface area contributed by atoms with Crippen LogP contribution in [0.1, 0.15) is 32.0 Å². The third-order valence-corrected chi connectivity index (χ3v) is 3.67. The zero-order valence-electron chi connectivity index (χ0n) is 13.5. The minimum atomic E-state index is -0.0869. The summed E-state index contributed by atoms with van der Waals surface area (Å²) in [5.74, 6) is 0.950. The van der Waals surface area contributed by atoms with Gasteiger partial charge in [-0.15, -0.1) is 0 Å². The van der Waals surface area contributed by atoms with Crippen LogP contribution < -0.4 is 5.32 Å². The number of aryl methyl sites for hydroxylation is 1. The molecule has 22 heavy (non-hydrogen) atoms. The number of benzene rings is 1. The van der Waals surface area contributed by atoms with Gasteiger partial charge in [0.15, 0.2) is 0 Å². The standard InChI is InChI=1S/C17H25N3O2/c1-3-4-7-12-20-15-9-6-5-8-14(15)19-16(20)10-11-18-17(21)13-22-2/h5-6,8-9H,3-4,7,10-13H2,1-2H3,(H,18,21). The van der Waals surface area contributed by atoms with Crippen molar-refractivity contribution in [1.82, 2.24) is 14.9 Å². The highest BCUT2D eigenvalue weighted by molar-refractivity contribution is 5.77. The molecule has 1 amide bonds. The fourth-order valence-corrected chi connectivity index (χ4v) is 2.58. The molecule has 0 aliphatic heterocycles. The van der Waals surface area contributed by atoms with Crippen molar-refractivity contribution in [2.75, 3.05) is 20.3 Å². The molecule has 0 atom stereocenters. The van der Waals surface area contributed by atoms with Gasteiger partial charge in [0, 0.05) is 26.6 Å². The third kappa shape index (κ3) is 4.31. The molecule has 1 aromatic carbocycles. The summed E-state index contributed by atoms with van der Waals surface area (Å²) in [6.07, 6.45) is 4.31. The Kier molecular flexibility index (Phi) is 6.40. The van der Waals surface area contributed by atoms with Crippen molar-refractivity contribution >= 4 is 16.9 Å². The molecule has 0 spiro atoms. The minimum absolute atomic E-state index is 0.0869. The molecule has 2 aromatic rings. The summed E-state index contributed by atoms with van der Waals surface area (Å²) in [5, 5.41) is 2.85. The maximum absolute atomic E-state index is 11.4. The maximum atomic E-state index is 11.4. The van der Waals surface area contributed by atoms with E-state index >= 15 is 0 Å². The second-order valence-corrected chi connectivity index (χ2v) is 5.41. The summed E-state index contributed by atoms with van der Waals surface area (Å²) in [7, 11) is 1.52. The lowest BCUT2D eigenvalue weighted by Gasteiger charge is -2.09. The summed E-state index contributed by atoms with van der Waals surface area (Å²) in [6, 6.07) is 8.21. The Bertz CT molecular complexity index is 607. The number of hydrogen-bond donors (Lipinski definition) is 1. The number of carbonyl (C=O) groups is 1. The topological polar surface area (TPSA) is 56.2 Å². The van der Waals surface area contributed by atoms with Crippen molar-refractivity contribution in [3.05, 3.63) is 30.1 Å². The molecule has 0 bridgehead atoms. The molecule has 0 saturated heterocycles. The number of hydrogen-bond acceptors (Lipinski definition) is 3. The Morgan fingerprint density at radius 3 is 2.91 bits per heavy atom. The first-order valence-electron chi connectivity index (χ1n) is 7.96. The van der Waals surface area contributed by atoms with Gasteiger partial charge in [0.25, 0.3) is 0 Å². The zero-order chi connectivity index (χ0) is 15.8. The number of para-hydroxylation sites is 2. The fourth-order valence-electron chi connectivity index (χ4n) is 2.58. The van der Waals surface area contributed by atoms with Crippen LogP contribution in [0.4, 0.5) is 0 Å². The Labute approximate surface area is 131 Å². The number of rotatable bonds is 9. The van der Waals surface area contributed by atoms with E-state index in [1.165, 1.54) is 25.5 Å². The molecule has 5 heteroatoms. The highest BCUT2D eigenvalue weighted by atomic mass is 16.5.